The maximum Gasteiger partial charge on any atom is 0.260 e. The molecule has 17 heavy (non-hydrogen) atoms. The standard InChI is InChI=1S/C11H8ClFN2O2/c12-10-7(3-4-17-10)11(16)15-6-1-2-8(13)9(14)5-6/h1-5H,14H2,(H,15,16). The summed E-state index contributed by atoms with van der Waals surface area (Å²) < 4.78 is 17.7. The van der Waals surface area contributed by atoms with Crippen LogP contribution < -0.4 is 11.1 Å². The summed E-state index contributed by atoms with van der Waals surface area (Å²) in [6, 6.07) is 5.32. The summed E-state index contributed by atoms with van der Waals surface area (Å²) in [6.07, 6.45) is 1.30. The number of carbonyl (C=O) groups is 1. The molecule has 0 saturated carbocycles. The number of amides is 1. The molecule has 88 valence electrons. The molecule has 0 spiro atoms. The fourth-order valence-electron chi connectivity index (χ4n) is 1.28. The summed E-state index contributed by atoms with van der Waals surface area (Å²) in [5, 5.41) is 2.52. The van der Waals surface area contributed by atoms with Crippen molar-refractivity contribution in [3.63, 3.8) is 0 Å². The van der Waals surface area contributed by atoms with Gasteiger partial charge in [-0.1, -0.05) is 0 Å². The van der Waals surface area contributed by atoms with Crippen molar-refractivity contribution in [2.75, 3.05) is 11.1 Å². The molecule has 2 rings (SSSR count). The van der Waals surface area contributed by atoms with Gasteiger partial charge in [-0.25, -0.2) is 4.39 Å². The zero-order valence-corrected chi connectivity index (χ0v) is 9.29. The van der Waals surface area contributed by atoms with Crippen molar-refractivity contribution in [2.24, 2.45) is 0 Å². The van der Waals surface area contributed by atoms with E-state index >= 15 is 0 Å². The van der Waals surface area contributed by atoms with Gasteiger partial charge in [0.05, 0.1) is 17.5 Å². The highest BCUT2D eigenvalue weighted by Gasteiger charge is 2.13. The van der Waals surface area contributed by atoms with E-state index in [2.05, 4.69) is 5.32 Å². The molecule has 0 unspecified atom stereocenters. The van der Waals surface area contributed by atoms with Gasteiger partial charge in [0.1, 0.15) is 5.82 Å². The number of carbonyl (C=O) groups excluding carboxylic acids is 1. The highest BCUT2D eigenvalue weighted by atomic mass is 35.5. The Labute approximate surface area is 101 Å². The summed E-state index contributed by atoms with van der Waals surface area (Å²) in [5.74, 6) is -0.987. The van der Waals surface area contributed by atoms with Crippen LogP contribution in [0.1, 0.15) is 10.4 Å². The maximum absolute atomic E-state index is 12.9. The first-order valence-electron chi connectivity index (χ1n) is 4.67. The van der Waals surface area contributed by atoms with Gasteiger partial charge in [0.15, 0.2) is 0 Å². The van der Waals surface area contributed by atoms with Crippen LogP contribution in [0.25, 0.3) is 0 Å². The molecule has 4 nitrogen and oxygen atoms in total. The van der Waals surface area contributed by atoms with Crippen LogP contribution in [0.2, 0.25) is 5.22 Å². The number of halogens is 2. The zero-order valence-electron chi connectivity index (χ0n) is 8.54. The first-order valence-corrected chi connectivity index (χ1v) is 5.05. The molecule has 0 atom stereocenters. The highest BCUT2D eigenvalue weighted by Crippen LogP contribution is 2.20. The average Bonchev–Trinajstić information content (AvgIpc) is 2.70. The van der Waals surface area contributed by atoms with Gasteiger partial charge >= 0.3 is 0 Å². The molecular weight excluding hydrogens is 247 g/mol. The predicted octanol–water partition coefficient (Wildman–Crippen LogP) is 2.91. The molecule has 0 saturated heterocycles. The van der Waals surface area contributed by atoms with Gasteiger partial charge in [0.2, 0.25) is 5.22 Å². The second-order valence-electron chi connectivity index (χ2n) is 3.30. The molecule has 1 heterocycles. The molecule has 0 aliphatic carbocycles. The number of nitrogen functional groups attached to an aromatic ring is 1. The van der Waals surface area contributed by atoms with Crippen LogP contribution >= 0.6 is 11.6 Å². The summed E-state index contributed by atoms with van der Waals surface area (Å²) >= 11 is 5.65. The predicted molar refractivity (Wildman–Crippen MR) is 62.5 cm³/mol. The van der Waals surface area contributed by atoms with Gasteiger partial charge in [-0.15, -0.1) is 0 Å². The quantitative estimate of drug-likeness (QED) is 0.810. The van der Waals surface area contributed by atoms with Crippen molar-refractivity contribution in [1.82, 2.24) is 0 Å². The van der Waals surface area contributed by atoms with Crippen LogP contribution in [-0.4, -0.2) is 5.91 Å². The number of rotatable bonds is 2. The minimum Gasteiger partial charge on any atom is -0.452 e. The van der Waals surface area contributed by atoms with E-state index < -0.39 is 11.7 Å². The van der Waals surface area contributed by atoms with Crippen molar-refractivity contribution in [3.05, 3.63) is 47.1 Å². The number of furan rings is 1. The second-order valence-corrected chi connectivity index (χ2v) is 3.64. The smallest absolute Gasteiger partial charge is 0.260 e. The molecule has 3 N–H and O–H groups in total. The van der Waals surface area contributed by atoms with E-state index in [1.165, 1.54) is 30.5 Å². The molecule has 6 heteroatoms. The van der Waals surface area contributed by atoms with Crippen molar-refractivity contribution < 1.29 is 13.6 Å². The molecule has 0 fully saturated rings. The third-order valence-corrected chi connectivity index (χ3v) is 2.41. The van der Waals surface area contributed by atoms with E-state index in [9.17, 15) is 9.18 Å². The Morgan fingerprint density at radius 1 is 1.41 bits per heavy atom. The first kappa shape index (κ1) is 11.5. The summed E-state index contributed by atoms with van der Waals surface area (Å²) in [6.45, 7) is 0. The summed E-state index contributed by atoms with van der Waals surface area (Å²) in [4.78, 5) is 11.7. The van der Waals surface area contributed by atoms with Crippen LogP contribution in [0.5, 0.6) is 0 Å². The van der Waals surface area contributed by atoms with E-state index in [4.69, 9.17) is 21.8 Å². The van der Waals surface area contributed by atoms with E-state index in [-0.39, 0.29) is 16.5 Å². The Morgan fingerprint density at radius 2 is 2.18 bits per heavy atom. The van der Waals surface area contributed by atoms with Crippen molar-refractivity contribution in [3.8, 4) is 0 Å². The summed E-state index contributed by atoms with van der Waals surface area (Å²) in [5.41, 5.74) is 5.92. The van der Waals surface area contributed by atoms with E-state index in [1.54, 1.807) is 0 Å². The zero-order chi connectivity index (χ0) is 12.4. The number of nitrogens with one attached hydrogen (secondary N) is 1. The minimum atomic E-state index is -0.538. The Hall–Kier alpha value is -2.01. The molecular formula is C11H8ClFN2O2. The Morgan fingerprint density at radius 3 is 2.76 bits per heavy atom. The number of anilines is 2. The van der Waals surface area contributed by atoms with Crippen LogP contribution in [0.15, 0.2) is 34.9 Å². The van der Waals surface area contributed by atoms with Crippen LogP contribution in [-0.2, 0) is 0 Å². The number of nitrogens with two attached hydrogens (primary N) is 1. The van der Waals surface area contributed by atoms with Crippen LogP contribution in [0.4, 0.5) is 15.8 Å². The second kappa shape index (κ2) is 4.47. The van der Waals surface area contributed by atoms with Crippen LogP contribution in [0, 0.1) is 5.82 Å². The van der Waals surface area contributed by atoms with E-state index in [0.717, 1.165) is 0 Å². The highest BCUT2D eigenvalue weighted by molar-refractivity contribution is 6.32. The molecule has 1 aromatic carbocycles. The molecule has 1 amide bonds. The number of hydrogen-bond acceptors (Lipinski definition) is 3. The Balaban J connectivity index is 2.19. The molecule has 0 aliphatic heterocycles. The first-order chi connectivity index (χ1) is 8.08. The number of hydrogen-bond donors (Lipinski definition) is 2. The third-order valence-electron chi connectivity index (χ3n) is 2.12. The summed E-state index contributed by atoms with van der Waals surface area (Å²) in [7, 11) is 0. The monoisotopic (exact) mass is 254 g/mol. The lowest BCUT2D eigenvalue weighted by Gasteiger charge is -2.05. The lowest BCUT2D eigenvalue weighted by molar-refractivity contribution is 0.102. The van der Waals surface area contributed by atoms with Crippen LogP contribution in [0.3, 0.4) is 0 Å². The molecule has 1 aromatic heterocycles. The average molecular weight is 255 g/mol. The van der Waals surface area contributed by atoms with E-state index in [1.807, 2.05) is 0 Å². The fraction of sp³-hybridized carbons (Fsp3) is 0. The van der Waals surface area contributed by atoms with Gasteiger partial charge in [-0.05, 0) is 35.9 Å². The van der Waals surface area contributed by atoms with Gasteiger partial charge in [0, 0.05) is 5.69 Å². The fourth-order valence-corrected chi connectivity index (χ4v) is 1.48. The van der Waals surface area contributed by atoms with Gasteiger partial charge < -0.3 is 15.5 Å². The normalized spacial score (nSPS) is 10.2. The van der Waals surface area contributed by atoms with E-state index in [0.29, 0.717) is 5.69 Å². The Kier molecular flexibility index (Phi) is 3.01. The third kappa shape index (κ3) is 2.39. The molecule has 0 aliphatic rings. The number of benzene rings is 1. The van der Waals surface area contributed by atoms with Crippen molar-refractivity contribution >= 4 is 28.9 Å². The molecule has 0 radical (unpaired) electrons. The topological polar surface area (TPSA) is 68.3 Å². The lowest BCUT2D eigenvalue weighted by atomic mass is 10.2. The van der Waals surface area contributed by atoms with Crippen molar-refractivity contribution in [2.45, 2.75) is 0 Å². The Bertz CT molecular complexity index is 568. The molecule has 2 aromatic rings. The van der Waals surface area contributed by atoms with Gasteiger partial charge in [-0.3, -0.25) is 4.79 Å². The van der Waals surface area contributed by atoms with Gasteiger partial charge in [-0.2, -0.15) is 0 Å². The van der Waals surface area contributed by atoms with Gasteiger partial charge in [0.25, 0.3) is 5.91 Å². The molecule has 0 bridgehead atoms. The lowest BCUT2D eigenvalue weighted by Crippen LogP contribution is -2.11. The maximum atomic E-state index is 12.9. The largest absolute Gasteiger partial charge is 0.452 e. The minimum absolute atomic E-state index is 0.00224. The SMILES string of the molecule is Nc1cc(NC(=O)c2ccoc2Cl)ccc1F. The van der Waals surface area contributed by atoms with Crippen molar-refractivity contribution in [1.29, 1.82) is 0 Å².